The zero-order valence-electron chi connectivity index (χ0n) is 19.0. The van der Waals surface area contributed by atoms with Crippen molar-refractivity contribution >= 4 is 11.8 Å². The van der Waals surface area contributed by atoms with E-state index in [2.05, 4.69) is 16.0 Å². The molecule has 8 nitrogen and oxygen atoms in total. The van der Waals surface area contributed by atoms with E-state index in [0.29, 0.717) is 18.8 Å². The van der Waals surface area contributed by atoms with Crippen LogP contribution in [0.3, 0.4) is 0 Å². The lowest BCUT2D eigenvalue weighted by atomic mass is 9.95. The molecule has 2 aromatic carbocycles. The summed E-state index contributed by atoms with van der Waals surface area (Å²) in [5.74, 6) is 2.81. The largest absolute Gasteiger partial charge is 0.493 e. The molecule has 1 aliphatic rings. The number of nitrogens with zero attached hydrogens (tertiary/aromatic N) is 2. The lowest BCUT2D eigenvalue weighted by molar-refractivity contribution is 0.0511. The van der Waals surface area contributed by atoms with E-state index in [1.165, 1.54) is 6.42 Å². The zero-order valence-corrected chi connectivity index (χ0v) is 19.0. The molecular weight excluding hydrogens is 420 g/mol. The molecule has 0 amide bonds. The van der Waals surface area contributed by atoms with Crippen LogP contribution >= 0.6 is 0 Å². The van der Waals surface area contributed by atoms with Crippen LogP contribution in [0.15, 0.2) is 42.6 Å². The van der Waals surface area contributed by atoms with Crippen molar-refractivity contribution in [1.29, 1.82) is 0 Å². The van der Waals surface area contributed by atoms with Gasteiger partial charge in [-0.2, -0.15) is 4.98 Å². The number of benzene rings is 2. The monoisotopic (exact) mass is 450 g/mol. The van der Waals surface area contributed by atoms with Crippen LogP contribution in [0.5, 0.6) is 17.2 Å². The minimum absolute atomic E-state index is 0.161. The fraction of sp³-hybridized carbons (Fsp3) is 0.360. The summed E-state index contributed by atoms with van der Waals surface area (Å²) in [7, 11) is 1.60. The molecule has 4 rings (SSSR count). The summed E-state index contributed by atoms with van der Waals surface area (Å²) in [6.45, 7) is 2.70. The first-order valence-electron chi connectivity index (χ1n) is 11.1. The second-order valence-electron chi connectivity index (χ2n) is 7.96. The maximum atomic E-state index is 6.43. The van der Waals surface area contributed by atoms with E-state index in [1.807, 2.05) is 37.3 Å². The van der Waals surface area contributed by atoms with E-state index in [4.69, 9.17) is 30.4 Å². The summed E-state index contributed by atoms with van der Waals surface area (Å²) in [5.41, 5.74) is 15.4. The molecule has 8 heteroatoms. The molecule has 1 heterocycles. The zero-order chi connectivity index (χ0) is 23.2. The van der Waals surface area contributed by atoms with Crippen LogP contribution in [-0.4, -0.2) is 36.6 Å². The van der Waals surface area contributed by atoms with Crippen molar-refractivity contribution in [2.24, 2.45) is 0 Å². The van der Waals surface area contributed by atoms with E-state index < -0.39 is 0 Å². The van der Waals surface area contributed by atoms with Crippen molar-refractivity contribution in [3.63, 3.8) is 0 Å². The van der Waals surface area contributed by atoms with Crippen molar-refractivity contribution in [2.45, 2.75) is 38.7 Å². The number of anilines is 2. The Bertz CT molecular complexity index is 1080. The fourth-order valence-electron chi connectivity index (χ4n) is 3.70. The van der Waals surface area contributed by atoms with E-state index in [-0.39, 0.29) is 18.8 Å². The van der Waals surface area contributed by atoms with Gasteiger partial charge in [0, 0.05) is 25.3 Å². The molecule has 0 aliphatic heterocycles. The van der Waals surface area contributed by atoms with Crippen molar-refractivity contribution in [1.82, 2.24) is 9.97 Å². The topological polar surface area (TPSA) is 115 Å². The summed E-state index contributed by atoms with van der Waals surface area (Å²) in [5, 5.41) is 0. The van der Waals surface area contributed by atoms with Gasteiger partial charge in [-0.1, -0.05) is 12.1 Å². The normalized spacial score (nSPS) is 13.4. The molecule has 33 heavy (non-hydrogen) atoms. The smallest absolute Gasteiger partial charge is 0.221 e. The molecule has 0 unspecified atom stereocenters. The molecule has 0 radical (unpaired) electrons. The summed E-state index contributed by atoms with van der Waals surface area (Å²) in [4.78, 5) is 8.16. The second kappa shape index (κ2) is 10.4. The van der Waals surface area contributed by atoms with Gasteiger partial charge in [0.2, 0.25) is 5.95 Å². The number of nitrogens with two attached hydrogens (primary N) is 2. The summed E-state index contributed by atoms with van der Waals surface area (Å²) >= 11 is 0. The fourth-order valence-corrected chi connectivity index (χ4v) is 3.70. The van der Waals surface area contributed by atoms with Gasteiger partial charge in [-0.3, -0.25) is 0 Å². The van der Waals surface area contributed by atoms with Gasteiger partial charge in [0.15, 0.2) is 6.79 Å². The van der Waals surface area contributed by atoms with Crippen LogP contribution in [0.1, 0.15) is 37.3 Å². The van der Waals surface area contributed by atoms with Crippen LogP contribution < -0.4 is 25.7 Å². The van der Waals surface area contributed by atoms with Crippen LogP contribution in [-0.2, 0) is 11.2 Å². The number of hydrogen-bond acceptors (Lipinski definition) is 8. The standard InChI is InChI=1S/C25H30N4O4/c1-3-31-21-12-16(11-18-14-28-25(27)29-24(18)26)13-22(33-20-5-4-6-20)23(21)17-7-9-19(10-8-17)32-15-30-2/h7-10,12-14,20H,3-6,11,15H2,1-2H3,(H4,26,27,28,29). The molecule has 1 fully saturated rings. The predicted octanol–water partition coefficient (Wildman–Crippen LogP) is 4.21. The van der Waals surface area contributed by atoms with E-state index >= 15 is 0 Å². The number of methoxy groups -OCH3 is 1. The van der Waals surface area contributed by atoms with Crippen LogP contribution in [0, 0.1) is 0 Å². The Labute approximate surface area is 193 Å². The van der Waals surface area contributed by atoms with E-state index in [1.54, 1.807) is 13.3 Å². The molecule has 1 saturated carbocycles. The van der Waals surface area contributed by atoms with Crippen molar-refractivity contribution in [2.75, 3.05) is 32.0 Å². The second-order valence-corrected chi connectivity index (χ2v) is 7.96. The maximum absolute atomic E-state index is 6.43. The van der Waals surface area contributed by atoms with Gasteiger partial charge in [-0.05, 0) is 61.6 Å². The minimum Gasteiger partial charge on any atom is -0.493 e. The number of aromatic nitrogens is 2. The molecular formula is C25H30N4O4. The molecule has 4 N–H and O–H groups in total. The first-order valence-corrected chi connectivity index (χ1v) is 11.1. The minimum atomic E-state index is 0.161. The van der Waals surface area contributed by atoms with Gasteiger partial charge in [-0.15, -0.1) is 0 Å². The molecule has 0 saturated heterocycles. The Kier molecular flexibility index (Phi) is 7.14. The average molecular weight is 451 g/mol. The average Bonchev–Trinajstić information content (AvgIpc) is 2.77. The Morgan fingerprint density at radius 1 is 1.03 bits per heavy atom. The molecule has 0 spiro atoms. The highest BCUT2D eigenvalue weighted by molar-refractivity contribution is 5.78. The number of hydrogen-bond donors (Lipinski definition) is 2. The molecule has 1 aliphatic carbocycles. The summed E-state index contributed by atoms with van der Waals surface area (Å²) in [6.07, 6.45) is 5.70. The van der Waals surface area contributed by atoms with Crippen molar-refractivity contribution < 1.29 is 18.9 Å². The lowest BCUT2D eigenvalue weighted by Gasteiger charge is -2.28. The van der Waals surface area contributed by atoms with Gasteiger partial charge in [0.25, 0.3) is 0 Å². The summed E-state index contributed by atoms with van der Waals surface area (Å²) < 4.78 is 23.0. The maximum Gasteiger partial charge on any atom is 0.221 e. The molecule has 0 bridgehead atoms. The Morgan fingerprint density at radius 2 is 1.79 bits per heavy atom. The number of nitrogen functional groups attached to an aromatic ring is 2. The van der Waals surface area contributed by atoms with Crippen molar-refractivity contribution in [3.05, 3.63) is 53.7 Å². The van der Waals surface area contributed by atoms with E-state index in [9.17, 15) is 0 Å². The van der Waals surface area contributed by atoms with Crippen LogP contribution in [0.25, 0.3) is 11.1 Å². The van der Waals surface area contributed by atoms with Gasteiger partial charge in [0.05, 0.1) is 18.3 Å². The highest BCUT2D eigenvalue weighted by atomic mass is 16.7. The van der Waals surface area contributed by atoms with Gasteiger partial charge in [-0.25, -0.2) is 4.98 Å². The van der Waals surface area contributed by atoms with Gasteiger partial charge < -0.3 is 30.4 Å². The molecule has 3 aromatic rings. The molecule has 174 valence electrons. The first kappa shape index (κ1) is 22.7. The Morgan fingerprint density at radius 3 is 2.42 bits per heavy atom. The Balaban J connectivity index is 1.73. The SMILES string of the molecule is CCOc1cc(Cc2cnc(N)nc2N)cc(OC2CCC2)c1-c1ccc(OCOC)cc1. The quantitative estimate of drug-likeness (QED) is 0.442. The van der Waals surface area contributed by atoms with E-state index in [0.717, 1.165) is 52.3 Å². The third-order valence-electron chi connectivity index (χ3n) is 5.57. The third-order valence-corrected chi connectivity index (χ3v) is 5.57. The van der Waals surface area contributed by atoms with Crippen molar-refractivity contribution in [3.8, 4) is 28.4 Å². The highest BCUT2D eigenvalue weighted by Crippen LogP contribution is 2.42. The van der Waals surface area contributed by atoms with Crippen LogP contribution in [0.4, 0.5) is 11.8 Å². The van der Waals surface area contributed by atoms with Gasteiger partial charge in [0.1, 0.15) is 23.1 Å². The van der Waals surface area contributed by atoms with Gasteiger partial charge >= 0.3 is 0 Å². The molecule has 1 aromatic heterocycles. The first-order chi connectivity index (χ1) is 16.1. The lowest BCUT2D eigenvalue weighted by Crippen LogP contribution is -2.25. The highest BCUT2D eigenvalue weighted by Gasteiger charge is 2.23. The molecule has 0 atom stereocenters. The number of ether oxygens (including phenoxy) is 4. The Hall–Kier alpha value is -3.52. The predicted molar refractivity (Wildman–Crippen MR) is 127 cm³/mol. The summed E-state index contributed by atoms with van der Waals surface area (Å²) in [6, 6.07) is 11.9. The third kappa shape index (κ3) is 5.46. The number of rotatable bonds is 10. The van der Waals surface area contributed by atoms with Crippen LogP contribution in [0.2, 0.25) is 0 Å².